The average molecular weight is 514 g/mol. The molecule has 2 bridgehead atoms. The van der Waals surface area contributed by atoms with Crippen molar-refractivity contribution in [3.63, 3.8) is 0 Å². The van der Waals surface area contributed by atoms with E-state index in [1.54, 1.807) is 18.4 Å². The number of carbonyl (C=O) groups is 2. The summed E-state index contributed by atoms with van der Waals surface area (Å²) in [5.74, 6) is 0.961. The Morgan fingerprint density at radius 2 is 1.91 bits per heavy atom. The SMILES string of the molecule is COCCN(C)Cc1ccc2n(c1=O)C[C@H]1C[C@@H]2CN(Cc2sccc2Cl)C1.O=CO.O=CO. The maximum absolute atomic E-state index is 13.1. The van der Waals surface area contributed by atoms with E-state index in [0.29, 0.717) is 25.0 Å². The van der Waals surface area contributed by atoms with E-state index in [4.69, 9.17) is 36.1 Å². The first-order valence-electron chi connectivity index (χ1n) is 10.9. The first-order valence-corrected chi connectivity index (χ1v) is 12.1. The van der Waals surface area contributed by atoms with Crippen LogP contribution in [0.4, 0.5) is 0 Å². The molecule has 0 spiro atoms. The van der Waals surface area contributed by atoms with Gasteiger partial charge in [0, 0.05) is 68.4 Å². The zero-order chi connectivity index (χ0) is 25.1. The van der Waals surface area contributed by atoms with Crippen molar-refractivity contribution in [3.8, 4) is 0 Å². The van der Waals surface area contributed by atoms with Crippen molar-refractivity contribution in [2.24, 2.45) is 5.92 Å². The molecule has 2 aliphatic rings. The van der Waals surface area contributed by atoms with Crippen molar-refractivity contribution < 1.29 is 24.5 Å². The number of fused-ring (bicyclic) bond motifs is 4. The lowest BCUT2D eigenvalue weighted by atomic mass is 9.83. The molecule has 0 aromatic carbocycles. The third-order valence-electron chi connectivity index (χ3n) is 5.93. The van der Waals surface area contributed by atoms with Gasteiger partial charge in [0.1, 0.15) is 0 Å². The lowest BCUT2D eigenvalue weighted by molar-refractivity contribution is -0.123. The number of carboxylic acid groups (broad SMARTS) is 2. The van der Waals surface area contributed by atoms with Crippen molar-refractivity contribution >= 4 is 35.9 Å². The van der Waals surface area contributed by atoms with E-state index < -0.39 is 0 Å². The molecule has 188 valence electrons. The standard InChI is InChI=1S/C21H28ClN3O2S.2CH2O2/c1-23(6-7-27-2)12-16-3-4-19-17-9-15(11-25(19)21(16)26)10-24(13-17)14-20-18(22)5-8-28-20;2*2-1-3/h3-5,8,15,17H,6-7,9-14H2,1-2H3;2*1H,(H,2,3)/t15-,17+;;/m0../s1. The molecule has 9 nitrogen and oxygen atoms in total. The largest absolute Gasteiger partial charge is 0.483 e. The van der Waals surface area contributed by atoms with Crippen LogP contribution in [0.2, 0.25) is 5.02 Å². The maximum atomic E-state index is 13.1. The number of likely N-dealkylation sites (tertiary alicyclic amines) is 1. The van der Waals surface area contributed by atoms with Crippen LogP contribution in [-0.2, 0) is 34.0 Å². The summed E-state index contributed by atoms with van der Waals surface area (Å²) in [7, 11) is 3.74. The molecule has 0 unspecified atom stereocenters. The minimum Gasteiger partial charge on any atom is -0.483 e. The molecule has 1 fully saturated rings. The molecule has 11 heteroatoms. The molecule has 4 heterocycles. The number of piperidine rings is 1. The fourth-order valence-corrected chi connectivity index (χ4v) is 5.73. The molecule has 2 aliphatic heterocycles. The van der Waals surface area contributed by atoms with Gasteiger partial charge in [0.2, 0.25) is 0 Å². The number of rotatable bonds is 7. The van der Waals surface area contributed by atoms with Crippen LogP contribution in [0.3, 0.4) is 0 Å². The highest BCUT2D eigenvalue weighted by molar-refractivity contribution is 7.10. The molecule has 0 amide bonds. The summed E-state index contributed by atoms with van der Waals surface area (Å²) >= 11 is 8.03. The summed E-state index contributed by atoms with van der Waals surface area (Å²) in [6.45, 7) is 5.44. The molecule has 2 N–H and O–H groups in total. The number of aromatic nitrogens is 1. The third kappa shape index (κ3) is 7.64. The van der Waals surface area contributed by atoms with Gasteiger partial charge in [-0.15, -0.1) is 11.3 Å². The van der Waals surface area contributed by atoms with Crippen molar-refractivity contribution in [2.45, 2.75) is 32.0 Å². The molecule has 4 rings (SSSR count). The van der Waals surface area contributed by atoms with Crippen LogP contribution in [0.25, 0.3) is 0 Å². The van der Waals surface area contributed by atoms with E-state index in [2.05, 4.69) is 21.2 Å². The summed E-state index contributed by atoms with van der Waals surface area (Å²) in [6.07, 6.45) is 1.18. The van der Waals surface area contributed by atoms with E-state index in [9.17, 15) is 4.79 Å². The Morgan fingerprint density at radius 3 is 2.53 bits per heavy atom. The minimum atomic E-state index is -0.250. The molecule has 2 aromatic rings. The van der Waals surface area contributed by atoms with Gasteiger partial charge in [-0.25, -0.2) is 0 Å². The number of ether oxygens (including phenoxy) is 1. The number of thiophene rings is 1. The Kier molecular flexibility index (Phi) is 11.7. The van der Waals surface area contributed by atoms with Gasteiger partial charge in [0.05, 0.1) is 11.6 Å². The number of methoxy groups -OCH3 is 1. The first kappa shape index (κ1) is 28.0. The number of hydrogen-bond acceptors (Lipinski definition) is 7. The van der Waals surface area contributed by atoms with Crippen LogP contribution in [-0.4, -0.2) is 77.9 Å². The Morgan fingerprint density at radius 1 is 1.21 bits per heavy atom. The van der Waals surface area contributed by atoms with Gasteiger partial charge in [-0.1, -0.05) is 17.7 Å². The summed E-state index contributed by atoms with van der Waals surface area (Å²) < 4.78 is 7.19. The molecule has 2 aromatic heterocycles. The summed E-state index contributed by atoms with van der Waals surface area (Å²) in [6, 6.07) is 6.20. The fraction of sp³-hybridized carbons (Fsp3) is 0.522. The molecular weight excluding hydrogens is 482 g/mol. The number of pyridine rings is 1. The van der Waals surface area contributed by atoms with Crippen molar-refractivity contribution in [1.29, 1.82) is 0 Å². The Labute approximate surface area is 208 Å². The Hall–Kier alpha value is -2.24. The number of halogens is 1. The topological polar surface area (TPSA) is 112 Å². The molecule has 0 radical (unpaired) electrons. The highest BCUT2D eigenvalue weighted by atomic mass is 35.5. The molecule has 1 saturated heterocycles. The third-order valence-corrected chi connectivity index (χ3v) is 7.31. The van der Waals surface area contributed by atoms with Crippen LogP contribution >= 0.6 is 22.9 Å². The van der Waals surface area contributed by atoms with Crippen LogP contribution in [0.5, 0.6) is 0 Å². The quantitative estimate of drug-likeness (QED) is 0.543. The van der Waals surface area contributed by atoms with Crippen LogP contribution in [0, 0.1) is 5.92 Å². The lowest BCUT2D eigenvalue weighted by Gasteiger charge is -2.43. The fourth-order valence-electron chi connectivity index (χ4n) is 4.60. The summed E-state index contributed by atoms with van der Waals surface area (Å²) in [5.41, 5.74) is 2.27. The maximum Gasteiger partial charge on any atom is 0.290 e. The van der Waals surface area contributed by atoms with E-state index >= 15 is 0 Å². The van der Waals surface area contributed by atoms with Gasteiger partial charge in [-0.05, 0) is 36.9 Å². The number of nitrogens with zero attached hydrogens (tertiary/aromatic N) is 3. The monoisotopic (exact) mass is 513 g/mol. The highest BCUT2D eigenvalue weighted by Gasteiger charge is 2.35. The number of hydrogen-bond donors (Lipinski definition) is 2. The second-order valence-corrected chi connectivity index (χ2v) is 9.73. The zero-order valence-electron chi connectivity index (χ0n) is 19.4. The molecule has 0 aliphatic carbocycles. The minimum absolute atomic E-state index is 0.186. The van der Waals surface area contributed by atoms with Gasteiger partial charge in [-0.2, -0.15) is 0 Å². The van der Waals surface area contributed by atoms with Gasteiger partial charge in [0.15, 0.2) is 0 Å². The summed E-state index contributed by atoms with van der Waals surface area (Å²) in [4.78, 5) is 35.7. The van der Waals surface area contributed by atoms with Crippen molar-refractivity contribution in [3.05, 3.63) is 55.1 Å². The van der Waals surface area contributed by atoms with Crippen LogP contribution < -0.4 is 5.56 Å². The smallest absolute Gasteiger partial charge is 0.290 e. The average Bonchev–Trinajstić information content (AvgIpc) is 3.20. The molecule has 2 atom stereocenters. The molecule has 0 saturated carbocycles. The highest BCUT2D eigenvalue weighted by Crippen LogP contribution is 2.36. The van der Waals surface area contributed by atoms with E-state index in [1.165, 1.54) is 17.0 Å². The normalized spacial score (nSPS) is 18.7. The van der Waals surface area contributed by atoms with Gasteiger partial charge < -0.3 is 19.5 Å². The molecule has 34 heavy (non-hydrogen) atoms. The second-order valence-electron chi connectivity index (χ2n) is 8.33. The second kappa shape index (κ2) is 14.2. The first-order chi connectivity index (χ1) is 16.4. The summed E-state index contributed by atoms with van der Waals surface area (Å²) in [5, 5.41) is 16.7. The number of likely N-dealkylation sites (N-methyl/N-ethyl adjacent to an activating group) is 1. The van der Waals surface area contributed by atoms with Crippen molar-refractivity contribution in [2.75, 3.05) is 40.4 Å². The van der Waals surface area contributed by atoms with Gasteiger partial charge >= 0.3 is 0 Å². The van der Waals surface area contributed by atoms with Crippen molar-refractivity contribution in [1.82, 2.24) is 14.4 Å². The van der Waals surface area contributed by atoms with Crippen LogP contribution in [0.1, 0.15) is 28.5 Å². The Bertz CT molecular complexity index is 976. The van der Waals surface area contributed by atoms with Gasteiger partial charge in [0.25, 0.3) is 18.5 Å². The lowest BCUT2D eigenvalue weighted by Crippen LogP contribution is -2.47. The van der Waals surface area contributed by atoms with E-state index in [-0.39, 0.29) is 18.5 Å². The van der Waals surface area contributed by atoms with E-state index in [1.807, 2.05) is 23.7 Å². The zero-order valence-corrected chi connectivity index (χ0v) is 21.0. The molecular formula is C23H32ClN3O6S. The van der Waals surface area contributed by atoms with E-state index in [0.717, 1.165) is 43.3 Å². The predicted molar refractivity (Wildman–Crippen MR) is 132 cm³/mol. The predicted octanol–water partition coefficient (Wildman–Crippen LogP) is 2.66. The van der Waals surface area contributed by atoms with Crippen LogP contribution in [0.15, 0.2) is 28.4 Å². The Balaban J connectivity index is 0.000000618. The van der Waals surface area contributed by atoms with Gasteiger partial charge in [-0.3, -0.25) is 24.2 Å².